The van der Waals surface area contributed by atoms with Crippen LogP contribution in [0.15, 0.2) is 6.20 Å². The quantitative estimate of drug-likeness (QED) is 0.726. The summed E-state index contributed by atoms with van der Waals surface area (Å²) in [5.74, 6) is 0. The van der Waals surface area contributed by atoms with Crippen LogP contribution < -0.4 is 0 Å². The number of aromatic nitrogens is 2. The summed E-state index contributed by atoms with van der Waals surface area (Å²) in [6, 6.07) is 0.238. The van der Waals surface area contributed by atoms with E-state index in [4.69, 9.17) is 16.3 Å². The van der Waals surface area contributed by atoms with Gasteiger partial charge in [0.25, 0.3) is 0 Å². The van der Waals surface area contributed by atoms with Gasteiger partial charge in [0.2, 0.25) is 0 Å². The van der Waals surface area contributed by atoms with Crippen molar-refractivity contribution < 1.29 is 4.74 Å². The Morgan fingerprint density at radius 1 is 1.75 bits per heavy atom. The van der Waals surface area contributed by atoms with Crippen LogP contribution in [-0.4, -0.2) is 23.5 Å². The molecule has 1 aromatic rings. The predicted molar refractivity (Wildman–Crippen MR) is 48.6 cm³/mol. The van der Waals surface area contributed by atoms with E-state index in [9.17, 15) is 0 Å². The Morgan fingerprint density at radius 3 is 2.83 bits per heavy atom. The van der Waals surface area contributed by atoms with Gasteiger partial charge < -0.3 is 4.74 Å². The van der Waals surface area contributed by atoms with E-state index in [0.717, 1.165) is 5.69 Å². The molecule has 1 unspecified atom stereocenters. The molecule has 4 heteroatoms. The van der Waals surface area contributed by atoms with Gasteiger partial charge >= 0.3 is 0 Å². The van der Waals surface area contributed by atoms with E-state index in [1.165, 1.54) is 0 Å². The highest BCUT2D eigenvalue weighted by Gasteiger charge is 2.09. The summed E-state index contributed by atoms with van der Waals surface area (Å²) >= 11 is 5.85. The lowest BCUT2D eigenvalue weighted by atomic mass is 10.3. The molecule has 0 aliphatic heterocycles. The molecule has 1 heterocycles. The van der Waals surface area contributed by atoms with Crippen LogP contribution in [0.2, 0.25) is 5.02 Å². The van der Waals surface area contributed by atoms with Gasteiger partial charge in [0, 0.05) is 7.11 Å². The molecule has 0 amide bonds. The van der Waals surface area contributed by atoms with Gasteiger partial charge in [-0.2, -0.15) is 5.10 Å². The second kappa shape index (κ2) is 3.92. The summed E-state index contributed by atoms with van der Waals surface area (Å²) in [5.41, 5.74) is 0.987. The number of methoxy groups -OCH3 is 1. The van der Waals surface area contributed by atoms with Crippen molar-refractivity contribution in [3.05, 3.63) is 16.9 Å². The number of ether oxygens (including phenoxy) is 1. The molecule has 0 N–H and O–H groups in total. The highest BCUT2D eigenvalue weighted by Crippen LogP contribution is 2.17. The minimum absolute atomic E-state index is 0.238. The Labute approximate surface area is 77.3 Å². The fraction of sp³-hybridized carbons (Fsp3) is 0.625. The molecule has 0 spiro atoms. The zero-order chi connectivity index (χ0) is 9.14. The van der Waals surface area contributed by atoms with Gasteiger partial charge in [-0.1, -0.05) is 11.6 Å². The summed E-state index contributed by atoms with van der Waals surface area (Å²) in [6.07, 6.45) is 1.66. The van der Waals surface area contributed by atoms with Crippen molar-refractivity contribution >= 4 is 11.6 Å². The maximum atomic E-state index is 5.85. The molecule has 0 fully saturated rings. The van der Waals surface area contributed by atoms with Crippen LogP contribution in [0.4, 0.5) is 0 Å². The molecule has 1 aromatic heterocycles. The second-order valence-electron chi connectivity index (χ2n) is 2.83. The van der Waals surface area contributed by atoms with Gasteiger partial charge in [0.05, 0.1) is 29.6 Å². The zero-order valence-corrected chi connectivity index (χ0v) is 8.30. The lowest BCUT2D eigenvalue weighted by Gasteiger charge is -2.12. The molecule has 0 radical (unpaired) electrons. The van der Waals surface area contributed by atoms with Crippen LogP contribution in [0.5, 0.6) is 0 Å². The summed E-state index contributed by atoms with van der Waals surface area (Å²) < 4.78 is 6.89. The first-order chi connectivity index (χ1) is 5.66. The van der Waals surface area contributed by atoms with Gasteiger partial charge in [-0.25, -0.2) is 0 Å². The molecule has 0 aliphatic rings. The fourth-order valence-corrected chi connectivity index (χ4v) is 1.29. The minimum Gasteiger partial charge on any atom is -0.382 e. The first-order valence-corrected chi connectivity index (χ1v) is 4.23. The van der Waals surface area contributed by atoms with Gasteiger partial charge in [-0.15, -0.1) is 0 Å². The Morgan fingerprint density at radius 2 is 2.42 bits per heavy atom. The van der Waals surface area contributed by atoms with E-state index < -0.39 is 0 Å². The first kappa shape index (κ1) is 9.55. The monoisotopic (exact) mass is 188 g/mol. The van der Waals surface area contributed by atoms with E-state index in [1.807, 2.05) is 18.5 Å². The van der Waals surface area contributed by atoms with E-state index in [-0.39, 0.29) is 6.04 Å². The maximum absolute atomic E-state index is 5.85. The largest absolute Gasteiger partial charge is 0.382 e. The van der Waals surface area contributed by atoms with Crippen molar-refractivity contribution in [2.45, 2.75) is 19.9 Å². The molecule has 68 valence electrons. The van der Waals surface area contributed by atoms with Crippen molar-refractivity contribution in [1.29, 1.82) is 0 Å². The summed E-state index contributed by atoms with van der Waals surface area (Å²) in [5, 5.41) is 4.85. The van der Waals surface area contributed by atoms with Crippen LogP contribution in [0.25, 0.3) is 0 Å². The van der Waals surface area contributed by atoms with E-state index >= 15 is 0 Å². The average molecular weight is 189 g/mol. The van der Waals surface area contributed by atoms with Crippen LogP contribution in [0.1, 0.15) is 18.7 Å². The molecule has 0 saturated heterocycles. The van der Waals surface area contributed by atoms with Crippen molar-refractivity contribution in [1.82, 2.24) is 9.78 Å². The third-order valence-corrected chi connectivity index (χ3v) is 2.18. The number of nitrogens with zero attached hydrogens (tertiary/aromatic N) is 2. The molecule has 12 heavy (non-hydrogen) atoms. The van der Waals surface area contributed by atoms with Crippen LogP contribution in [0, 0.1) is 6.92 Å². The smallest absolute Gasteiger partial charge is 0.0815 e. The molecule has 1 atom stereocenters. The second-order valence-corrected chi connectivity index (χ2v) is 3.23. The minimum atomic E-state index is 0.238. The zero-order valence-electron chi connectivity index (χ0n) is 7.54. The predicted octanol–water partition coefficient (Wildman–Crippen LogP) is 2.05. The van der Waals surface area contributed by atoms with Gasteiger partial charge in [0.15, 0.2) is 0 Å². The van der Waals surface area contributed by atoms with Crippen molar-refractivity contribution in [3.8, 4) is 0 Å². The molecular weight excluding hydrogens is 176 g/mol. The standard InChI is InChI=1S/C8H13ClN2O/c1-6(5-12-3)11-7(2)8(9)4-10-11/h4,6H,5H2,1-3H3. The fourth-order valence-electron chi connectivity index (χ4n) is 1.16. The average Bonchev–Trinajstić information content (AvgIpc) is 2.34. The van der Waals surface area contributed by atoms with Gasteiger partial charge in [0.1, 0.15) is 0 Å². The lowest BCUT2D eigenvalue weighted by Crippen LogP contribution is -2.13. The van der Waals surface area contributed by atoms with Crippen LogP contribution in [0.3, 0.4) is 0 Å². The number of halogens is 1. The summed E-state index contributed by atoms with van der Waals surface area (Å²) in [6.45, 7) is 4.64. The Kier molecular flexibility index (Phi) is 3.12. The van der Waals surface area contributed by atoms with Crippen molar-refractivity contribution in [2.24, 2.45) is 0 Å². The third kappa shape index (κ3) is 1.79. The highest BCUT2D eigenvalue weighted by atomic mass is 35.5. The van der Waals surface area contributed by atoms with E-state index in [0.29, 0.717) is 11.6 Å². The van der Waals surface area contributed by atoms with E-state index in [2.05, 4.69) is 5.10 Å². The molecule has 0 aliphatic carbocycles. The van der Waals surface area contributed by atoms with Crippen molar-refractivity contribution in [2.75, 3.05) is 13.7 Å². The topological polar surface area (TPSA) is 27.1 Å². The van der Waals surface area contributed by atoms with Crippen LogP contribution >= 0.6 is 11.6 Å². The molecule has 0 aromatic carbocycles. The van der Waals surface area contributed by atoms with Crippen LogP contribution in [-0.2, 0) is 4.74 Å². The third-order valence-electron chi connectivity index (χ3n) is 1.81. The SMILES string of the molecule is COCC(C)n1ncc(Cl)c1C. The maximum Gasteiger partial charge on any atom is 0.0815 e. The molecule has 0 saturated carbocycles. The molecule has 3 nitrogen and oxygen atoms in total. The first-order valence-electron chi connectivity index (χ1n) is 3.85. The highest BCUT2D eigenvalue weighted by molar-refractivity contribution is 6.31. The Balaban J connectivity index is 2.80. The Hall–Kier alpha value is -0.540. The molecule has 1 rings (SSSR count). The number of rotatable bonds is 3. The number of hydrogen-bond acceptors (Lipinski definition) is 2. The van der Waals surface area contributed by atoms with E-state index in [1.54, 1.807) is 13.3 Å². The molecular formula is C8H13ClN2O. The number of hydrogen-bond donors (Lipinski definition) is 0. The Bertz CT molecular complexity index is 260. The summed E-state index contributed by atoms with van der Waals surface area (Å²) in [4.78, 5) is 0. The summed E-state index contributed by atoms with van der Waals surface area (Å²) in [7, 11) is 1.68. The van der Waals surface area contributed by atoms with Gasteiger partial charge in [-0.05, 0) is 13.8 Å². The lowest BCUT2D eigenvalue weighted by molar-refractivity contribution is 0.156. The van der Waals surface area contributed by atoms with Gasteiger partial charge in [-0.3, -0.25) is 4.68 Å². The van der Waals surface area contributed by atoms with Crippen molar-refractivity contribution in [3.63, 3.8) is 0 Å². The normalized spacial score (nSPS) is 13.3. The molecule has 0 bridgehead atoms.